The van der Waals surface area contributed by atoms with E-state index in [-0.39, 0.29) is 6.42 Å². The molecule has 0 aromatic heterocycles. The van der Waals surface area contributed by atoms with Gasteiger partial charge in [0.05, 0.1) is 27.0 Å². The molecule has 0 saturated heterocycles. The zero-order valence-electron chi connectivity index (χ0n) is 13.4. The molecule has 1 aromatic rings. The van der Waals surface area contributed by atoms with Gasteiger partial charge in [0.25, 0.3) is 0 Å². The smallest absolute Gasteiger partial charge is 0.249 e. The van der Waals surface area contributed by atoms with Gasteiger partial charge in [-0.3, -0.25) is 9.59 Å². The lowest BCUT2D eigenvalue weighted by atomic mass is 10.2. The summed E-state index contributed by atoms with van der Waals surface area (Å²) in [6.45, 7) is 0.744. The molecule has 0 aliphatic heterocycles. The van der Waals surface area contributed by atoms with E-state index < -0.39 is 11.8 Å². The first kappa shape index (κ1) is 18.4. The number of rotatable bonds is 9. The zero-order chi connectivity index (χ0) is 17.1. The SMILES string of the molecule is COCCNC(=O)CC(=O)N/N=C/c1cc(OC)ccc1OC. The molecule has 0 saturated carbocycles. The Balaban J connectivity index is 2.52. The van der Waals surface area contributed by atoms with Gasteiger partial charge in [-0.1, -0.05) is 0 Å². The van der Waals surface area contributed by atoms with Crippen LogP contribution in [0.15, 0.2) is 23.3 Å². The summed E-state index contributed by atoms with van der Waals surface area (Å²) in [5.74, 6) is 0.309. The monoisotopic (exact) mass is 323 g/mol. The third kappa shape index (κ3) is 6.79. The van der Waals surface area contributed by atoms with Crippen LogP contribution in [0, 0.1) is 0 Å². The first-order valence-electron chi connectivity index (χ1n) is 6.90. The number of nitrogens with one attached hydrogen (secondary N) is 2. The van der Waals surface area contributed by atoms with E-state index in [1.165, 1.54) is 20.4 Å². The highest BCUT2D eigenvalue weighted by atomic mass is 16.5. The number of methoxy groups -OCH3 is 3. The summed E-state index contributed by atoms with van der Waals surface area (Å²) >= 11 is 0. The van der Waals surface area contributed by atoms with Gasteiger partial charge in [0.1, 0.15) is 17.9 Å². The lowest BCUT2D eigenvalue weighted by Gasteiger charge is -2.07. The minimum atomic E-state index is -0.516. The number of carbonyl (C=O) groups is 2. The van der Waals surface area contributed by atoms with Crippen LogP contribution in [-0.4, -0.2) is 52.5 Å². The molecule has 1 rings (SSSR count). The second kappa shape index (κ2) is 10.2. The fourth-order valence-corrected chi connectivity index (χ4v) is 1.65. The third-order valence-corrected chi connectivity index (χ3v) is 2.78. The molecule has 8 heteroatoms. The molecule has 0 spiro atoms. The van der Waals surface area contributed by atoms with Gasteiger partial charge in [0.2, 0.25) is 11.8 Å². The lowest BCUT2D eigenvalue weighted by molar-refractivity contribution is -0.129. The number of hydrogen-bond acceptors (Lipinski definition) is 6. The van der Waals surface area contributed by atoms with E-state index in [1.807, 2.05) is 0 Å². The Morgan fingerprint density at radius 1 is 1.17 bits per heavy atom. The summed E-state index contributed by atoms with van der Waals surface area (Å²) < 4.78 is 15.1. The molecule has 0 aliphatic rings. The van der Waals surface area contributed by atoms with E-state index in [0.29, 0.717) is 30.2 Å². The van der Waals surface area contributed by atoms with Crippen LogP contribution in [-0.2, 0) is 14.3 Å². The minimum absolute atomic E-state index is 0.309. The number of amides is 2. The van der Waals surface area contributed by atoms with Crippen LogP contribution in [0.1, 0.15) is 12.0 Å². The van der Waals surface area contributed by atoms with E-state index in [1.54, 1.807) is 25.3 Å². The second-order valence-corrected chi connectivity index (χ2v) is 4.42. The Morgan fingerprint density at radius 2 is 1.96 bits per heavy atom. The minimum Gasteiger partial charge on any atom is -0.497 e. The van der Waals surface area contributed by atoms with Crippen molar-refractivity contribution in [2.45, 2.75) is 6.42 Å². The van der Waals surface area contributed by atoms with Gasteiger partial charge in [-0.2, -0.15) is 5.10 Å². The number of hydrogen-bond donors (Lipinski definition) is 2. The number of nitrogens with zero attached hydrogens (tertiary/aromatic N) is 1. The topological polar surface area (TPSA) is 98.2 Å². The second-order valence-electron chi connectivity index (χ2n) is 4.42. The van der Waals surface area contributed by atoms with Gasteiger partial charge in [-0.15, -0.1) is 0 Å². The molecule has 23 heavy (non-hydrogen) atoms. The number of carbonyl (C=O) groups excluding carboxylic acids is 2. The van der Waals surface area contributed by atoms with Crippen molar-refractivity contribution in [1.29, 1.82) is 0 Å². The first-order chi connectivity index (χ1) is 11.1. The molecule has 0 atom stereocenters. The van der Waals surface area contributed by atoms with Crippen molar-refractivity contribution in [3.63, 3.8) is 0 Å². The molecular formula is C15H21N3O5. The van der Waals surface area contributed by atoms with Gasteiger partial charge in [0.15, 0.2) is 0 Å². The molecule has 8 nitrogen and oxygen atoms in total. The predicted molar refractivity (Wildman–Crippen MR) is 84.8 cm³/mol. The molecule has 2 N–H and O–H groups in total. The average molecular weight is 323 g/mol. The van der Waals surface area contributed by atoms with Crippen LogP contribution in [0.3, 0.4) is 0 Å². The largest absolute Gasteiger partial charge is 0.497 e. The molecule has 0 heterocycles. The van der Waals surface area contributed by atoms with Crippen molar-refractivity contribution < 1.29 is 23.8 Å². The van der Waals surface area contributed by atoms with E-state index in [2.05, 4.69) is 15.8 Å². The van der Waals surface area contributed by atoms with Crippen molar-refractivity contribution >= 4 is 18.0 Å². The quantitative estimate of drug-likeness (QED) is 0.295. The van der Waals surface area contributed by atoms with Gasteiger partial charge in [0, 0.05) is 19.2 Å². The van der Waals surface area contributed by atoms with Crippen molar-refractivity contribution in [1.82, 2.24) is 10.7 Å². The Kier molecular flexibility index (Phi) is 8.16. The highest BCUT2D eigenvalue weighted by Gasteiger charge is 2.08. The molecule has 126 valence electrons. The molecule has 1 aromatic carbocycles. The summed E-state index contributed by atoms with van der Waals surface area (Å²) in [5, 5.41) is 6.35. The molecule has 0 bridgehead atoms. The number of ether oxygens (including phenoxy) is 3. The van der Waals surface area contributed by atoms with Crippen LogP contribution in [0.4, 0.5) is 0 Å². The summed E-state index contributed by atoms with van der Waals surface area (Å²) in [4.78, 5) is 23.0. The summed E-state index contributed by atoms with van der Waals surface area (Å²) in [6, 6.07) is 5.19. The van der Waals surface area contributed by atoms with Crippen molar-refractivity contribution in [2.75, 3.05) is 34.5 Å². The van der Waals surface area contributed by atoms with Gasteiger partial charge in [-0.25, -0.2) is 5.43 Å². The van der Waals surface area contributed by atoms with E-state index in [4.69, 9.17) is 14.2 Å². The van der Waals surface area contributed by atoms with Crippen LogP contribution in [0.25, 0.3) is 0 Å². The first-order valence-corrected chi connectivity index (χ1v) is 6.90. The maximum absolute atomic E-state index is 11.6. The molecule has 0 unspecified atom stereocenters. The Labute approximate surface area is 134 Å². The maximum Gasteiger partial charge on any atom is 0.249 e. The fourth-order valence-electron chi connectivity index (χ4n) is 1.65. The van der Waals surface area contributed by atoms with Crippen molar-refractivity contribution in [3.05, 3.63) is 23.8 Å². The van der Waals surface area contributed by atoms with Gasteiger partial charge < -0.3 is 19.5 Å². The lowest BCUT2D eigenvalue weighted by Crippen LogP contribution is -2.31. The molecular weight excluding hydrogens is 302 g/mol. The van der Waals surface area contributed by atoms with Gasteiger partial charge in [-0.05, 0) is 18.2 Å². The normalized spacial score (nSPS) is 10.4. The molecule has 0 radical (unpaired) electrons. The highest BCUT2D eigenvalue weighted by molar-refractivity contribution is 5.97. The zero-order valence-corrected chi connectivity index (χ0v) is 13.4. The van der Waals surface area contributed by atoms with Crippen molar-refractivity contribution in [2.24, 2.45) is 5.10 Å². The Morgan fingerprint density at radius 3 is 2.61 bits per heavy atom. The van der Waals surface area contributed by atoms with E-state index in [9.17, 15) is 9.59 Å². The highest BCUT2D eigenvalue weighted by Crippen LogP contribution is 2.22. The maximum atomic E-state index is 11.6. The fraction of sp³-hybridized carbons (Fsp3) is 0.400. The molecule has 0 aliphatic carbocycles. The summed E-state index contributed by atoms with van der Waals surface area (Å²) in [7, 11) is 4.61. The van der Waals surface area contributed by atoms with Gasteiger partial charge >= 0.3 is 0 Å². The third-order valence-electron chi connectivity index (χ3n) is 2.78. The summed E-state index contributed by atoms with van der Waals surface area (Å²) in [5.41, 5.74) is 2.92. The van der Waals surface area contributed by atoms with E-state index in [0.717, 1.165) is 0 Å². The molecule has 2 amide bonds. The van der Waals surface area contributed by atoms with Crippen LogP contribution in [0.2, 0.25) is 0 Å². The van der Waals surface area contributed by atoms with Crippen LogP contribution in [0.5, 0.6) is 11.5 Å². The number of benzene rings is 1. The van der Waals surface area contributed by atoms with Crippen molar-refractivity contribution in [3.8, 4) is 11.5 Å². The van der Waals surface area contributed by atoms with Crippen LogP contribution < -0.4 is 20.2 Å². The standard InChI is InChI=1S/C15H21N3O5/c1-21-7-6-16-14(19)9-15(20)18-17-10-11-8-12(22-2)4-5-13(11)23-3/h4-5,8,10H,6-7,9H2,1-3H3,(H,16,19)(H,18,20)/b17-10+. The summed E-state index contributed by atoms with van der Waals surface area (Å²) in [6.07, 6.45) is 1.11. The average Bonchev–Trinajstić information content (AvgIpc) is 2.54. The molecule has 0 fully saturated rings. The van der Waals surface area contributed by atoms with E-state index >= 15 is 0 Å². The Bertz CT molecular complexity index is 560. The predicted octanol–water partition coefficient (Wildman–Crippen LogP) is 0.307. The van der Waals surface area contributed by atoms with Crippen LogP contribution >= 0.6 is 0 Å². The number of hydrazone groups is 1. The Hall–Kier alpha value is -2.61.